The molecule has 0 saturated heterocycles. The number of ether oxygens (including phenoxy) is 1. The molecule has 0 radical (unpaired) electrons. The van der Waals surface area contributed by atoms with Gasteiger partial charge in [-0.25, -0.2) is 5.43 Å². The summed E-state index contributed by atoms with van der Waals surface area (Å²) in [6, 6.07) is 12.0. The van der Waals surface area contributed by atoms with E-state index in [9.17, 15) is 9.90 Å². The molecule has 28 heavy (non-hydrogen) atoms. The van der Waals surface area contributed by atoms with Gasteiger partial charge in [-0.1, -0.05) is 45.0 Å². The van der Waals surface area contributed by atoms with Crippen molar-refractivity contribution in [1.82, 2.24) is 5.43 Å². The molecule has 0 bridgehead atoms. The number of methoxy groups -OCH3 is 1. The summed E-state index contributed by atoms with van der Waals surface area (Å²) < 4.78 is 5.79. The van der Waals surface area contributed by atoms with Crippen LogP contribution in [0, 0.1) is 9.49 Å². The molecule has 0 unspecified atom stereocenters. The van der Waals surface area contributed by atoms with E-state index in [0.717, 1.165) is 12.0 Å². The van der Waals surface area contributed by atoms with Crippen molar-refractivity contribution in [2.24, 2.45) is 11.0 Å². The van der Waals surface area contributed by atoms with Gasteiger partial charge in [-0.3, -0.25) is 4.79 Å². The minimum absolute atomic E-state index is 0.0351. The molecule has 0 heterocycles. The number of nitrogens with one attached hydrogen (secondary N) is 1. The van der Waals surface area contributed by atoms with Crippen molar-refractivity contribution in [3.05, 3.63) is 56.7 Å². The maximum atomic E-state index is 12.4. The van der Waals surface area contributed by atoms with Gasteiger partial charge in [-0.2, -0.15) is 5.10 Å². The Bertz CT molecular complexity index is 901. The van der Waals surface area contributed by atoms with E-state index in [1.807, 2.05) is 22.6 Å². The number of hydrogen-bond acceptors (Lipinski definition) is 4. The molecule has 2 aromatic rings. The highest BCUT2D eigenvalue weighted by atomic mass is 127. The van der Waals surface area contributed by atoms with Gasteiger partial charge in [0.1, 0.15) is 0 Å². The lowest BCUT2D eigenvalue weighted by Crippen LogP contribution is -2.20. The van der Waals surface area contributed by atoms with Crippen LogP contribution in [0.3, 0.4) is 0 Å². The second-order valence-electron chi connectivity index (χ2n) is 8.11. The van der Waals surface area contributed by atoms with Crippen molar-refractivity contribution in [2.45, 2.75) is 38.5 Å². The molecule has 6 heteroatoms. The van der Waals surface area contributed by atoms with Crippen molar-refractivity contribution >= 4 is 34.7 Å². The molecule has 2 atom stereocenters. The first-order valence-electron chi connectivity index (χ1n) is 9.20. The summed E-state index contributed by atoms with van der Waals surface area (Å²) in [6.07, 6.45) is 2.40. The average molecular weight is 492 g/mol. The van der Waals surface area contributed by atoms with E-state index in [0.29, 0.717) is 9.32 Å². The predicted octanol–water partition coefficient (Wildman–Crippen LogP) is 4.56. The highest BCUT2D eigenvalue weighted by Gasteiger charge is 2.44. The van der Waals surface area contributed by atoms with Gasteiger partial charge in [0.2, 0.25) is 5.91 Å². The van der Waals surface area contributed by atoms with Gasteiger partial charge in [0, 0.05) is 5.92 Å². The maximum Gasteiger partial charge on any atom is 0.243 e. The number of hydrogen-bond donors (Lipinski definition) is 2. The van der Waals surface area contributed by atoms with Crippen molar-refractivity contribution in [1.29, 1.82) is 0 Å². The summed E-state index contributed by atoms with van der Waals surface area (Å²) in [5.74, 6) is 0.635. The fraction of sp³-hybridized carbons (Fsp3) is 0.364. The van der Waals surface area contributed by atoms with Crippen LogP contribution in [0.1, 0.15) is 49.8 Å². The zero-order valence-electron chi connectivity index (χ0n) is 16.5. The SMILES string of the molecule is COc1cc(/C=N/NC(=O)[C@H]2C[C@H]2c2ccc(C(C)(C)C)cc2)cc(I)c1O. The molecule has 1 fully saturated rings. The van der Waals surface area contributed by atoms with Crippen molar-refractivity contribution in [3.8, 4) is 11.5 Å². The summed E-state index contributed by atoms with van der Waals surface area (Å²) in [5, 5.41) is 13.9. The Balaban J connectivity index is 1.58. The topological polar surface area (TPSA) is 70.9 Å². The Morgan fingerprint density at radius 1 is 1.29 bits per heavy atom. The Kier molecular flexibility index (Phi) is 5.98. The van der Waals surface area contributed by atoms with E-state index < -0.39 is 0 Å². The van der Waals surface area contributed by atoms with Crippen LogP contribution in [0.15, 0.2) is 41.5 Å². The van der Waals surface area contributed by atoms with Crippen LogP contribution >= 0.6 is 22.6 Å². The second kappa shape index (κ2) is 8.11. The van der Waals surface area contributed by atoms with Crippen molar-refractivity contribution < 1.29 is 14.6 Å². The summed E-state index contributed by atoms with van der Waals surface area (Å²) in [7, 11) is 1.50. The summed E-state index contributed by atoms with van der Waals surface area (Å²) in [5.41, 5.74) is 5.99. The smallest absolute Gasteiger partial charge is 0.243 e. The molecular formula is C22H25IN2O3. The number of rotatable bonds is 5. The third-order valence-corrected chi connectivity index (χ3v) is 5.81. The Hall–Kier alpha value is -2.09. The number of hydrazone groups is 1. The highest BCUT2D eigenvalue weighted by Crippen LogP contribution is 2.47. The van der Waals surface area contributed by atoms with Crippen LogP contribution in [0.25, 0.3) is 0 Å². The first kappa shape index (κ1) is 20.6. The van der Waals surface area contributed by atoms with Gasteiger partial charge in [0.05, 0.1) is 16.9 Å². The van der Waals surface area contributed by atoms with Crippen LogP contribution in [0.4, 0.5) is 0 Å². The van der Waals surface area contributed by atoms with Crippen LogP contribution < -0.4 is 10.2 Å². The molecule has 1 saturated carbocycles. The van der Waals surface area contributed by atoms with E-state index in [1.54, 1.807) is 18.3 Å². The van der Waals surface area contributed by atoms with Gasteiger partial charge in [-0.15, -0.1) is 0 Å². The lowest BCUT2D eigenvalue weighted by Gasteiger charge is -2.19. The number of halogens is 1. The Morgan fingerprint density at radius 3 is 2.57 bits per heavy atom. The van der Waals surface area contributed by atoms with E-state index in [-0.39, 0.29) is 28.9 Å². The molecule has 1 aliphatic carbocycles. The van der Waals surface area contributed by atoms with Gasteiger partial charge < -0.3 is 9.84 Å². The molecule has 0 aromatic heterocycles. The van der Waals surface area contributed by atoms with Gasteiger partial charge in [-0.05, 0) is 69.2 Å². The fourth-order valence-electron chi connectivity index (χ4n) is 3.16. The molecule has 5 nitrogen and oxygen atoms in total. The number of phenols is 1. The minimum atomic E-state index is -0.0680. The first-order chi connectivity index (χ1) is 13.2. The largest absolute Gasteiger partial charge is 0.504 e. The fourth-order valence-corrected chi connectivity index (χ4v) is 3.79. The number of carbonyl (C=O) groups is 1. The molecule has 3 rings (SSSR count). The molecule has 2 aromatic carbocycles. The minimum Gasteiger partial charge on any atom is -0.504 e. The van der Waals surface area contributed by atoms with Gasteiger partial charge >= 0.3 is 0 Å². The quantitative estimate of drug-likeness (QED) is 0.366. The van der Waals surface area contributed by atoms with Crippen molar-refractivity contribution in [3.63, 3.8) is 0 Å². The van der Waals surface area contributed by atoms with E-state index in [2.05, 4.69) is 55.6 Å². The van der Waals surface area contributed by atoms with Crippen LogP contribution in [-0.2, 0) is 10.2 Å². The van der Waals surface area contributed by atoms with Crippen LogP contribution in [0.5, 0.6) is 11.5 Å². The monoisotopic (exact) mass is 492 g/mol. The zero-order chi connectivity index (χ0) is 20.5. The molecular weight excluding hydrogens is 467 g/mol. The van der Waals surface area contributed by atoms with Crippen LogP contribution in [0.2, 0.25) is 0 Å². The van der Waals surface area contributed by atoms with Gasteiger partial charge in [0.25, 0.3) is 0 Å². The second-order valence-corrected chi connectivity index (χ2v) is 9.27. The molecule has 1 aliphatic rings. The van der Waals surface area contributed by atoms with Crippen LogP contribution in [-0.4, -0.2) is 24.3 Å². The van der Waals surface area contributed by atoms with E-state index in [1.165, 1.54) is 18.2 Å². The average Bonchev–Trinajstić information content (AvgIpc) is 3.44. The maximum absolute atomic E-state index is 12.4. The Labute approximate surface area is 179 Å². The Morgan fingerprint density at radius 2 is 1.96 bits per heavy atom. The number of carbonyl (C=O) groups excluding carboxylic acids is 1. The predicted molar refractivity (Wildman–Crippen MR) is 119 cm³/mol. The third kappa shape index (κ3) is 4.66. The normalized spacial score (nSPS) is 18.9. The molecule has 0 spiro atoms. The zero-order valence-corrected chi connectivity index (χ0v) is 18.6. The number of phenolic OH excluding ortho intramolecular Hbond substituents is 1. The number of benzene rings is 2. The molecule has 148 valence electrons. The number of aromatic hydroxyl groups is 1. The van der Waals surface area contributed by atoms with E-state index >= 15 is 0 Å². The van der Waals surface area contributed by atoms with E-state index in [4.69, 9.17) is 4.74 Å². The highest BCUT2D eigenvalue weighted by molar-refractivity contribution is 14.1. The molecule has 0 aliphatic heterocycles. The lowest BCUT2D eigenvalue weighted by atomic mass is 9.86. The summed E-state index contributed by atoms with van der Waals surface area (Å²) in [6.45, 7) is 6.58. The first-order valence-corrected chi connectivity index (χ1v) is 10.3. The summed E-state index contributed by atoms with van der Waals surface area (Å²) in [4.78, 5) is 12.4. The van der Waals surface area contributed by atoms with Crippen molar-refractivity contribution in [2.75, 3.05) is 7.11 Å². The van der Waals surface area contributed by atoms with Gasteiger partial charge in [0.15, 0.2) is 11.5 Å². The number of amides is 1. The number of nitrogens with zero attached hydrogens (tertiary/aromatic N) is 1. The standard InChI is InChI=1S/C22H25IN2O3/c1-22(2,3)15-7-5-14(6-8-15)16-11-17(16)21(27)25-24-12-13-9-18(23)20(26)19(10-13)28-4/h5-10,12,16-17,26H,11H2,1-4H3,(H,25,27)/b24-12+/t16-,17-/m0/s1. The molecule has 2 N–H and O–H groups in total. The lowest BCUT2D eigenvalue weighted by molar-refractivity contribution is -0.122. The third-order valence-electron chi connectivity index (χ3n) is 4.99. The summed E-state index contributed by atoms with van der Waals surface area (Å²) >= 11 is 2.02. The molecule has 1 amide bonds.